The monoisotopic (exact) mass is 454 g/mol. The van der Waals surface area contributed by atoms with E-state index in [1.165, 1.54) is 60.6 Å². The molecule has 1 aromatic rings. The van der Waals surface area contributed by atoms with Crippen molar-refractivity contribution in [1.29, 1.82) is 0 Å². The molecule has 2 aliphatic rings. The summed E-state index contributed by atoms with van der Waals surface area (Å²) >= 11 is 2.72. The number of thiazole rings is 1. The van der Waals surface area contributed by atoms with Crippen molar-refractivity contribution < 1.29 is 24.5 Å². The van der Waals surface area contributed by atoms with E-state index in [9.17, 15) is 14.7 Å². The molecule has 0 aromatic carbocycles. The third-order valence-corrected chi connectivity index (χ3v) is 7.69. The third kappa shape index (κ3) is 6.46. The number of carboxylic acid groups (broad SMARTS) is 1. The van der Waals surface area contributed by atoms with Crippen LogP contribution in [0, 0.1) is 5.92 Å². The summed E-state index contributed by atoms with van der Waals surface area (Å²) in [6.07, 6.45) is 10.8. The number of rotatable bonds is 10. The number of amides is 1. The molecule has 3 rings (SSSR count). The first-order valence-corrected chi connectivity index (χ1v) is 12.4. The van der Waals surface area contributed by atoms with Crippen molar-refractivity contribution in [3.63, 3.8) is 0 Å². The molecule has 3 atom stereocenters. The van der Waals surface area contributed by atoms with Gasteiger partial charge >= 0.3 is 12.1 Å². The molecular formula is C21H30N2O5S2. The minimum absolute atomic E-state index is 0.0456. The lowest BCUT2D eigenvalue weighted by molar-refractivity contribution is 0.0690. The van der Waals surface area contributed by atoms with E-state index in [1.54, 1.807) is 4.90 Å². The number of thioether (sulfide) groups is 1. The fraction of sp³-hybridized carbons (Fsp3) is 0.667. The average Bonchev–Trinajstić information content (AvgIpc) is 3.28. The summed E-state index contributed by atoms with van der Waals surface area (Å²) in [5.74, 6) is 0.202. The van der Waals surface area contributed by atoms with Gasteiger partial charge in [0, 0.05) is 17.7 Å². The zero-order chi connectivity index (χ0) is 21.5. The normalized spacial score (nSPS) is 23.8. The average molecular weight is 455 g/mol. The number of aliphatic hydroxyl groups excluding tert-OH is 1. The Morgan fingerprint density at radius 2 is 2.20 bits per heavy atom. The summed E-state index contributed by atoms with van der Waals surface area (Å²) in [7, 11) is 0. The van der Waals surface area contributed by atoms with Gasteiger partial charge in [0.05, 0.1) is 12.1 Å². The molecule has 1 aliphatic carbocycles. The number of hydrogen-bond acceptors (Lipinski definition) is 7. The first-order chi connectivity index (χ1) is 14.4. The van der Waals surface area contributed by atoms with Crippen LogP contribution in [0.2, 0.25) is 0 Å². The SMILES string of the molecule is CC1OC(=O)N(CCSc2nc(C(=O)O)cs2)C1C=CCC(O)CC1CCCCC1. The fourth-order valence-corrected chi connectivity index (χ4v) is 5.91. The Balaban J connectivity index is 1.46. The third-order valence-electron chi connectivity index (χ3n) is 5.69. The number of nitrogens with zero attached hydrogens (tertiary/aromatic N) is 2. The van der Waals surface area contributed by atoms with Crippen molar-refractivity contribution >= 4 is 35.2 Å². The van der Waals surface area contributed by atoms with Crippen molar-refractivity contribution in [2.45, 2.75) is 74.5 Å². The molecule has 2 fully saturated rings. The van der Waals surface area contributed by atoms with Crippen molar-refractivity contribution in [1.82, 2.24) is 9.88 Å². The molecule has 1 aromatic heterocycles. The van der Waals surface area contributed by atoms with Gasteiger partial charge in [0.15, 0.2) is 10.0 Å². The van der Waals surface area contributed by atoms with Crippen LogP contribution in [0.3, 0.4) is 0 Å². The molecular weight excluding hydrogens is 424 g/mol. The number of ether oxygens (including phenoxy) is 1. The van der Waals surface area contributed by atoms with Crippen molar-refractivity contribution in [3.05, 3.63) is 23.2 Å². The molecule has 0 spiro atoms. The van der Waals surface area contributed by atoms with Gasteiger partial charge in [0.1, 0.15) is 6.10 Å². The molecule has 0 bridgehead atoms. The number of aromatic nitrogens is 1. The summed E-state index contributed by atoms with van der Waals surface area (Å²) in [6, 6.07) is -0.161. The van der Waals surface area contributed by atoms with E-state index in [2.05, 4.69) is 4.98 Å². The van der Waals surface area contributed by atoms with Crippen LogP contribution in [0.25, 0.3) is 0 Å². The van der Waals surface area contributed by atoms with Crippen LogP contribution in [0.4, 0.5) is 4.79 Å². The highest BCUT2D eigenvalue weighted by atomic mass is 32.2. The Labute approximate surface area is 185 Å². The molecule has 9 heteroatoms. The quantitative estimate of drug-likeness (QED) is 0.399. The second-order valence-corrected chi connectivity index (χ2v) is 10.2. The van der Waals surface area contributed by atoms with Gasteiger partial charge in [-0.3, -0.25) is 4.90 Å². The Bertz CT molecular complexity index is 748. The number of carboxylic acids is 1. The highest BCUT2D eigenvalue weighted by Crippen LogP contribution is 2.29. The first kappa shape index (κ1) is 23.1. The standard InChI is InChI=1S/C21H30N2O5S2/c1-14-18(9-5-8-16(24)12-15-6-3-2-4-7-15)23(21(27)28-14)10-11-29-20-22-17(13-30-20)19(25)26/h5,9,13-16,18,24H,2-4,6-8,10-12H2,1H3,(H,25,26). The summed E-state index contributed by atoms with van der Waals surface area (Å²) in [5, 5.41) is 20.8. The van der Waals surface area contributed by atoms with Crippen molar-refractivity contribution in [2.24, 2.45) is 5.92 Å². The van der Waals surface area contributed by atoms with Crippen molar-refractivity contribution in [2.75, 3.05) is 12.3 Å². The van der Waals surface area contributed by atoms with Gasteiger partial charge < -0.3 is 14.9 Å². The lowest BCUT2D eigenvalue weighted by Crippen LogP contribution is -2.36. The molecule has 1 aliphatic heterocycles. The highest BCUT2D eigenvalue weighted by Gasteiger charge is 2.37. The van der Waals surface area contributed by atoms with Gasteiger partial charge in [-0.25, -0.2) is 14.6 Å². The van der Waals surface area contributed by atoms with Crippen LogP contribution < -0.4 is 0 Å². The van der Waals surface area contributed by atoms with Crippen LogP contribution in [0.5, 0.6) is 0 Å². The number of cyclic esters (lactones) is 1. The molecule has 3 unspecified atom stereocenters. The zero-order valence-corrected chi connectivity index (χ0v) is 18.9. The molecule has 166 valence electrons. The molecule has 1 amide bonds. The fourth-order valence-electron chi connectivity index (χ4n) is 4.10. The van der Waals surface area contributed by atoms with Crippen LogP contribution in [-0.4, -0.2) is 62.7 Å². The van der Waals surface area contributed by atoms with Gasteiger partial charge in [0.2, 0.25) is 0 Å². The van der Waals surface area contributed by atoms with E-state index in [-0.39, 0.29) is 30.0 Å². The summed E-state index contributed by atoms with van der Waals surface area (Å²) in [4.78, 5) is 28.9. The minimum atomic E-state index is -1.04. The van der Waals surface area contributed by atoms with E-state index in [0.29, 0.717) is 29.0 Å². The number of hydrogen-bond donors (Lipinski definition) is 2. The van der Waals surface area contributed by atoms with E-state index in [1.807, 2.05) is 19.1 Å². The maximum absolute atomic E-state index is 12.2. The Kier molecular flexibility index (Phi) is 8.59. The van der Waals surface area contributed by atoms with Crippen LogP contribution in [0.1, 0.15) is 62.4 Å². The smallest absolute Gasteiger partial charge is 0.410 e. The van der Waals surface area contributed by atoms with Crippen LogP contribution in [0.15, 0.2) is 21.9 Å². The Hall–Kier alpha value is -1.58. The molecule has 2 heterocycles. The topological polar surface area (TPSA) is 100.0 Å². The molecule has 7 nitrogen and oxygen atoms in total. The molecule has 30 heavy (non-hydrogen) atoms. The van der Waals surface area contributed by atoms with Gasteiger partial charge in [-0.15, -0.1) is 11.3 Å². The highest BCUT2D eigenvalue weighted by molar-refractivity contribution is 8.01. The second-order valence-electron chi connectivity index (χ2n) is 7.98. The predicted molar refractivity (Wildman–Crippen MR) is 117 cm³/mol. The molecule has 1 saturated heterocycles. The number of carbonyl (C=O) groups is 2. The molecule has 0 radical (unpaired) electrons. The number of carbonyl (C=O) groups excluding carboxylic acids is 1. The summed E-state index contributed by atoms with van der Waals surface area (Å²) < 4.78 is 6.05. The molecule has 1 saturated carbocycles. The van der Waals surface area contributed by atoms with Gasteiger partial charge in [0.25, 0.3) is 0 Å². The number of aliphatic hydroxyl groups is 1. The van der Waals surface area contributed by atoms with Gasteiger partial charge in [-0.1, -0.05) is 56.0 Å². The van der Waals surface area contributed by atoms with E-state index < -0.39 is 5.97 Å². The minimum Gasteiger partial charge on any atom is -0.476 e. The first-order valence-electron chi connectivity index (χ1n) is 10.6. The van der Waals surface area contributed by atoms with Gasteiger partial charge in [-0.05, 0) is 25.7 Å². The summed E-state index contributed by atoms with van der Waals surface area (Å²) in [5.41, 5.74) is 0.0456. The zero-order valence-electron chi connectivity index (χ0n) is 17.2. The second kappa shape index (κ2) is 11.2. The maximum atomic E-state index is 12.2. The van der Waals surface area contributed by atoms with E-state index >= 15 is 0 Å². The largest absolute Gasteiger partial charge is 0.476 e. The van der Waals surface area contributed by atoms with E-state index in [4.69, 9.17) is 9.84 Å². The van der Waals surface area contributed by atoms with Crippen LogP contribution >= 0.6 is 23.1 Å². The molecule has 2 N–H and O–H groups in total. The van der Waals surface area contributed by atoms with E-state index in [0.717, 1.165) is 6.42 Å². The summed E-state index contributed by atoms with van der Waals surface area (Å²) in [6.45, 7) is 2.36. The Morgan fingerprint density at radius 1 is 1.43 bits per heavy atom. The Morgan fingerprint density at radius 3 is 2.90 bits per heavy atom. The predicted octanol–water partition coefficient (Wildman–Crippen LogP) is 4.42. The van der Waals surface area contributed by atoms with Crippen molar-refractivity contribution in [3.8, 4) is 0 Å². The number of aromatic carboxylic acids is 1. The lowest BCUT2D eigenvalue weighted by atomic mass is 9.85. The lowest BCUT2D eigenvalue weighted by Gasteiger charge is -2.23. The van der Waals surface area contributed by atoms with Crippen LogP contribution in [-0.2, 0) is 4.74 Å². The maximum Gasteiger partial charge on any atom is 0.410 e. The van der Waals surface area contributed by atoms with Gasteiger partial charge in [-0.2, -0.15) is 0 Å².